The third-order valence-electron chi connectivity index (χ3n) is 5.72. The van der Waals surface area contributed by atoms with E-state index in [9.17, 15) is 27.6 Å². The summed E-state index contributed by atoms with van der Waals surface area (Å²) in [6.45, 7) is 3.02. The van der Waals surface area contributed by atoms with Crippen LogP contribution in [-0.2, 0) is 21.3 Å². The second kappa shape index (κ2) is 7.68. The molecule has 0 aromatic heterocycles. The molecule has 1 aliphatic carbocycles. The number of imide groups is 1. The van der Waals surface area contributed by atoms with Crippen molar-refractivity contribution in [3.8, 4) is 0 Å². The molecule has 9 heteroatoms. The molecule has 2 aliphatic rings. The number of amides is 4. The van der Waals surface area contributed by atoms with Crippen LogP contribution < -0.4 is 10.6 Å². The molecule has 1 heterocycles. The number of rotatable bonds is 4. The predicted octanol–water partition coefficient (Wildman–Crippen LogP) is 3.17. The van der Waals surface area contributed by atoms with Crippen LogP contribution in [0.3, 0.4) is 0 Å². The van der Waals surface area contributed by atoms with Crippen LogP contribution in [0.15, 0.2) is 24.3 Å². The first-order valence-corrected chi connectivity index (χ1v) is 9.62. The van der Waals surface area contributed by atoms with E-state index >= 15 is 0 Å². The van der Waals surface area contributed by atoms with E-state index in [4.69, 9.17) is 0 Å². The van der Waals surface area contributed by atoms with Crippen LogP contribution in [0.2, 0.25) is 0 Å². The molecule has 3 rings (SSSR count). The highest BCUT2D eigenvalue weighted by Gasteiger charge is 2.50. The SMILES string of the molecule is CC1CCC(NC(=O)CN2C(=O)N[C@](C)(c3cccc(C(F)(F)F)c3)C2=O)CC1. The molecular weight excluding hydrogens is 387 g/mol. The van der Waals surface area contributed by atoms with Gasteiger partial charge in [0.1, 0.15) is 12.1 Å². The minimum atomic E-state index is -4.57. The van der Waals surface area contributed by atoms with Crippen LogP contribution in [0.1, 0.15) is 50.7 Å². The maximum absolute atomic E-state index is 13.0. The highest BCUT2D eigenvalue weighted by Crippen LogP contribution is 2.34. The summed E-state index contributed by atoms with van der Waals surface area (Å²) in [7, 11) is 0. The number of nitrogens with zero attached hydrogens (tertiary/aromatic N) is 1. The minimum Gasteiger partial charge on any atom is -0.352 e. The van der Waals surface area contributed by atoms with Gasteiger partial charge in [-0.2, -0.15) is 13.2 Å². The summed E-state index contributed by atoms with van der Waals surface area (Å²) in [6.07, 6.45) is -0.886. The summed E-state index contributed by atoms with van der Waals surface area (Å²) < 4.78 is 39.0. The molecule has 1 aromatic carbocycles. The summed E-state index contributed by atoms with van der Waals surface area (Å²) in [5, 5.41) is 5.27. The predicted molar refractivity (Wildman–Crippen MR) is 98.6 cm³/mol. The van der Waals surface area contributed by atoms with Gasteiger partial charge < -0.3 is 10.6 Å². The fourth-order valence-electron chi connectivity index (χ4n) is 3.86. The Balaban J connectivity index is 1.71. The van der Waals surface area contributed by atoms with E-state index in [1.807, 2.05) is 0 Å². The van der Waals surface area contributed by atoms with Gasteiger partial charge in [0, 0.05) is 6.04 Å². The van der Waals surface area contributed by atoms with Crippen molar-refractivity contribution < 1.29 is 27.6 Å². The first kappa shape index (κ1) is 21.1. The van der Waals surface area contributed by atoms with Crippen molar-refractivity contribution in [1.29, 1.82) is 0 Å². The number of carbonyl (C=O) groups excluding carboxylic acids is 3. The van der Waals surface area contributed by atoms with Crippen molar-refractivity contribution in [3.05, 3.63) is 35.4 Å². The summed E-state index contributed by atoms with van der Waals surface area (Å²) in [6, 6.07) is 3.47. The summed E-state index contributed by atoms with van der Waals surface area (Å²) in [5.41, 5.74) is -2.57. The first-order valence-electron chi connectivity index (χ1n) is 9.62. The van der Waals surface area contributed by atoms with Gasteiger partial charge in [-0.25, -0.2) is 4.79 Å². The smallest absolute Gasteiger partial charge is 0.352 e. The minimum absolute atomic E-state index is 0.00863. The molecule has 29 heavy (non-hydrogen) atoms. The van der Waals surface area contributed by atoms with Gasteiger partial charge in [-0.05, 0) is 56.2 Å². The van der Waals surface area contributed by atoms with Crippen molar-refractivity contribution in [1.82, 2.24) is 15.5 Å². The van der Waals surface area contributed by atoms with Gasteiger partial charge in [-0.1, -0.05) is 19.1 Å². The van der Waals surface area contributed by atoms with Crippen molar-refractivity contribution in [2.24, 2.45) is 5.92 Å². The Morgan fingerprint density at radius 1 is 1.24 bits per heavy atom. The Kier molecular flexibility index (Phi) is 5.60. The first-order chi connectivity index (χ1) is 13.5. The van der Waals surface area contributed by atoms with Crippen molar-refractivity contribution in [2.45, 2.75) is 57.3 Å². The van der Waals surface area contributed by atoms with E-state index in [1.165, 1.54) is 19.1 Å². The molecule has 2 fully saturated rings. The van der Waals surface area contributed by atoms with E-state index in [-0.39, 0.29) is 11.6 Å². The fraction of sp³-hybridized carbons (Fsp3) is 0.550. The van der Waals surface area contributed by atoms with Gasteiger partial charge in [-0.3, -0.25) is 14.5 Å². The molecule has 4 amide bonds. The monoisotopic (exact) mass is 411 g/mol. The lowest BCUT2D eigenvalue weighted by molar-refractivity contribution is -0.138. The number of hydrogen-bond donors (Lipinski definition) is 2. The lowest BCUT2D eigenvalue weighted by Gasteiger charge is -2.27. The Morgan fingerprint density at radius 3 is 2.52 bits per heavy atom. The summed E-state index contributed by atoms with van der Waals surface area (Å²) >= 11 is 0. The second-order valence-electron chi connectivity index (χ2n) is 8.05. The van der Waals surface area contributed by atoms with E-state index < -0.39 is 41.7 Å². The standard InChI is InChI=1S/C20H24F3N3O3/c1-12-6-8-15(9-7-12)24-16(27)11-26-17(28)19(2,25-18(26)29)13-4-3-5-14(10-13)20(21,22)23/h3-5,10,12,15H,6-9,11H2,1-2H3,(H,24,27)(H,25,29)/t12?,15?,19-/m1/s1. The number of alkyl halides is 3. The summed E-state index contributed by atoms with van der Waals surface area (Å²) in [4.78, 5) is 38.3. The maximum Gasteiger partial charge on any atom is 0.416 e. The Hall–Kier alpha value is -2.58. The molecule has 0 radical (unpaired) electrons. The topological polar surface area (TPSA) is 78.5 Å². The zero-order valence-corrected chi connectivity index (χ0v) is 16.3. The molecular formula is C20H24F3N3O3. The summed E-state index contributed by atoms with van der Waals surface area (Å²) in [5.74, 6) is -0.599. The number of halogens is 3. The van der Waals surface area contributed by atoms with Crippen molar-refractivity contribution in [3.63, 3.8) is 0 Å². The van der Waals surface area contributed by atoms with Gasteiger partial charge in [0.05, 0.1) is 5.56 Å². The van der Waals surface area contributed by atoms with Gasteiger partial charge in [0.15, 0.2) is 0 Å². The van der Waals surface area contributed by atoms with Crippen LogP contribution in [-0.4, -0.2) is 35.3 Å². The Labute approximate surface area is 166 Å². The van der Waals surface area contributed by atoms with Gasteiger partial charge in [-0.15, -0.1) is 0 Å². The molecule has 1 aromatic rings. The zero-order valence-electron chi connectivity index (χ0n) is 16.3. The van der Waals surface area contributed by atoms with E-state index in [2.05, 4.69) is 17.6 Å². The van der Waals surface area contributed by atoms with Crippen molar-refractivity contribution >= 4 is 17.8 Å². The number of urea groups is 1. The van der Waals surface area contributed by atoms with E-state index in [0.717, 1.165) is 42.7 Å². The highest BCUT2D eigenvalue weighted by atomic mass is 19.4. The molecule has 158 valence electrons. The third kappa shape index (κ3) is 4.38. The average Bonchev–Trinajstić information content (AvgIpc) is 2.87. The number of hydrogen-bond acceptors (Lipinski definition) is 3. The van der Waals surface area contributed by atoms with Gasteiger partial charge in [0.25, 0.3) is 5.91 Å². The largest absolute Gasteiger partial charge is 0.416 e. The van der Waals surface area contributed by atoms with Crippen LogP contribution in [0.25, 0.3) is 0 Å². The maximum atomic E-state index is 13.0. The van der Waals surface area contributed by atoms with Gasteiger partial charge >= 0.3 is 12.2 Å². The van der Waals surface area contributed by atoms with E-state index in [0.29, 0.717) is 5.92 Å². The molecule has 1 atom stereocenters. The molecule has 2 N–H and O–H groups in total. The lowest BCUT2D eigenvalue weighted by atomic mass is 9.87. The second-order valence-corrected chi connectivity index (χ2v) is 8.05. The number of nitrogens with one attached hydrogen (secondary N) is 2. The van der Waals surface area contributed by atoms with Crippen LogP contribution in [0.5, 0.6) is 0 Å². The average molecular weight is 411 g/mol. The van der Waals surface area contributed by atoms with E-state index in [1.54, 1.807) is 0 Å². The molecule has 1 saturated carbocycles. The highest BCUT2D eigenvalue weighted by molar-refractivity contribution is 6.09. The van der Waals surface area contributed by atoms with Crippen LogP contribution in [0, 0.1) is 5.92 Å². The lowest BCUT2D eigenvalue weighted by Crippen LogP contribution is -2.46. The molecule has 0 spiro atoms. The normalized spacial score (nSPS) is 27.7. The Morgan fingerprint density at radius 2 is 1.90 bits per heavy atom. The molecule has 1 saturated heterocycles. The number of carbonyl (C=O) groups is 3. The van der Waals surface area contributed by atoms with Gasteiger partial charge in [0.2, 0.25) is 5.91 Å². The van der Waals surface area contributed by atoms with Crippen molar-refractivity contribution in [2.75, 3.05) is 6.54 Å². The molecule has 1 aliphatic heterocycles. The number of benzene rings is 1. The fourth-order valence-corrected chi connectivity index (χ4v) is 3.86. The zero-order chi connectivity index (χ0) is 21.4. The quantitative estimate of drug-likeness (QED) is 0.747. The van der Waals surface area contributed by atoms with Crippen LogP contribution >= 0.6 is 0 Å². The van der Waals surface area contributed by atoms with Crippen LogP contribution in [0.4, 0.5) is 18.0 Å². The molecule has 0 unspecified atom stereocenters. The molecule has 6 nitrogen and oxygen atoms in total. The Bertz CT molecular complexity index is 819. The third-order valence-corrected chi connectivity index (χ3v) is 5.72. The molecule has 0 bridgehead atoms.